The molecular formula is C10H16N2O. The van der Waals surface area contributed by atoms with Crippen molar-refractivity contribution >= 4 is 0 Å². The Morgan fingerprint density at radius 3 is 2.77 bits per heavy atom. The first-order valence-electron chi connectivity index (χ1n) is 4.89. The van der Waals surface area contributed by atoms with Crippen LogP contribution in [0.1, 0.15) is 44.2 Å². The molecule has 0 bridgehead atoms. The van der Waals surface area contributed by atoms with Crippen molar-refractivity contribution in [2.24, 2.45) is 5.73 Å². The minimum absolute atomic E-state index is 0.174. The van der Waals surface area contributed by atoms with Crippen molar-refractivity contribution in [2.45, 2.75) is 44.6 Å². The van der Waals surface area contributed by atoms with Crippen LogP contribution >= 0.6 is 0 Å². The van der Waals surface area contributed by atoms with Crippen LogP contribution in [0.5, 0.6) is 0 Å². The summed E-state index contributed by atoms with van der Waals surface area (Å²) in [6.45, 7) is 2.70. The predicted molar refractivity (Wildman–Crippen MR) is 50.2 cm³/mol. The van der Waals surface area contributed by atoms with Gasteiger partial charge in [0, 0.05) is 12.0 Å². The zero-order chi connectivity index (χ0) is 9.31. The maximum absolute atomic E-state index is 5.48. The lowest BCUT2D eigenvalue weighted by atomic mass is 9.89. The Balaban J connectivity index is 2.23. The van der Waals surface area contributed by atoms with E-state index in [9.17, 15) is 0 Å². The summed E-state index contributed by atoms with van der Waals surface area (Å²) in [4.78, 5) is 4.39. The van der Waals surface area contributed by atoms with Crippen molar-refractivity contribution in [1.29, 1.82) is 0 Å². The topological polar surface area (TPSA) is 52.0 Å². The SMILES string of the molecule is CC1(c2nc(CN)co2)CCCC1. The molecule has 0 amide bonds. The molecule has 1 heterocycles. The lowest BCUT2D eigenvalue weighted by molar-refractivity contribution is 0.351. The van der Waals surface area contributed by atoms with E-state index in [0.717, 1.165) is 11.6 Å². The van der Waals surface area contributed by atoms with E-state index in [1.165, 1.54) is 25.7 Å². The molecule has 0 radical (unpaired) electrons. The fourth-order valence-corrected chi connectivity index (χ4v) is 2.05. The molecule has 3 nitrogen and oxygen atoms in total. The molecule has 2 N–H and O–H groups in total. The molecule has 2 rings (SSSR count). The first-order chi connectivity index (χ1) is 6.24. The first-order valence-corrected chi connectivity index (χ1v) is 4.89. The molecule has 1 aromatic rings. The van der Waals surface area contributed by atoms with E-state index in [1.54, 1.807) is 6.26 Å². The summed E-state index contributed by atoms with van der Waals surface area (Å²) < 4.78 is 5.45. The van der Waals surface area contributed by atoms with E-state index in [1.807, 2.05) is 0 Å². The average Bonchev–Trinajstić information content (AvgIpc) is 2.72. The van der Waals surface area contributed by atoms with Crippen molar-refractivity contribution < 1.29 is 4.42 Å². The molecule has 1 aliphatic rings. The molecule has 1 aliphatic carbocycles. The molecule has 0 atom stereocenters. The van der Waals surface area contributed by atoms with Gasteiger partial charge in [-0.2, -0.15) is 0 Å². The smallest absolute Gasteiger partial charge is 0.200 e. The number of rotatable bonds is 2. The Hall–Kier alpha value is -0.830. The monoisotopic (exact) mass is 180 g/mol. The maximum Gasteiger partial charge on any atom is 0.200 e. The summed E-state index contributed by atoms with van der Waals surface area (Å²) in [6, 6.07) is 0. The Labute approximate surface area is 78.3 Å². The minimum Gasteiger partial charge on any atom is -0.448 e. The van der Waals surface area contributed by atoms with Crippen LogP contribution in [0.25, 0.3) is 0 Å². The summed E-state index contributed by atoms with van der Waals surface area (Å²) in [5.74, 6) is 0.880. The second-order valence-electron chi connectivity index (χ2n) is 4.12. The lowest BCUT2D eigenvalue weighted by Gasteiger charge is -2.17. The molecule has 1 saturated carbocycles. The van der Waals surface area contributed by atoms with Gasteiger partial charge in [-0.15, -0.1) is 0 Å². The number of nitrogens with two attached hydrogens (primary N) is 1. The normalized spacial score (nSPS) is 20.8. The predicted octanol–water partition coefficient (Wildman–Crippen LogP) is 1.97. The zero-order valence-electron chi connectivity index (χ0n) is 8.05. The van der Waals surface area contributed by atoms with Gasteiger partial charge in [0.1, 0.15) is 6.26 Å². The summed E-state index contributed by atoms with van der Waals surface area (Å²) >= 11 is 0. The Bertz CT molecular complexity index is 287. The Morgan fingerprint density at radius 1 is 1.54 bits per heavy atom. The van der Waals surface area contributed by atoms with Gasteiger partial charge in [0.15, 0.2) is 5.89 Å². The van der Waals surface area contributed by atoms with Crippen molar-refractivity contribution in [3.8, 4) is 0 Å². The maximum atomic E-state index is 5.48. The van der Waals surface area contributed by atoms with Crippen LogP contribution in [0.15, 0.2) is 10.7 Å². The van der Waals surface area contributed by atoms with Crippen LogP contribution in [0.2, 0.25) is 0 Å². The Kier molecular flexibility index (Phi) is 2.12. The molecule has 3 heteroatoms. The van der Waals surface area contributed by atoms with Crippen LogP contribution in [-0.4, -0.2) is 4.98 Å². The van der Waals surface area contributed by atoms with Gasteiger partial charge in [-0.05, 0) is 12.8 Å². The molecule has 0 aliphatic heterocycles. The van der Waals surface area contributed by atoms with Gasteiger partial charge in [-0.25, -0.2) is 4.98 Å². The molecule has 13 heavy (non-hydrogen) atoms. The molecule has 1 fully saturated rings. The average molecular weight is 180 g/mol. The number of hydrogen-bond acceptors (Lipinski definition) is 3. The first kappa shape index (κ1) is 8.75. The third-order valence-corrected chi connectivity index (χ3v) is 2.98. The van der Waals surface area contributed by atoms with Crippen molar-refractivity contribution in [2.75, 3.05) is 0 Å². The molecule has 0 spiro atoms. The number of nitrogens with zero attached hydrogens (tertiary/aromatic N) is 1. The van der Waals surface area contributed by atoms with Gasteiger partial charge in [-0.3, -0.25) is 0 Å². The highest BCUT2D eigenvalue weighted by atomic mass is 16.3. The molecule has 0 aromatic carbocycles. The van der Waals surface area contributed by atoms with Crippen LogP contribution in [0.4, 0.5) is 0 Å². The van der Waals surface area contributed by atoms with Gasteiger partial charge in [0.25, 0.3) is 0 Å². The second kappa shape index (κ2) is 3.14. The number of oxazole rings is 1. The summed E-state index contributed by atoms with van der Waals surface area (Å²) in [7, 11) is 0. The van der Waals surface area contributed by atoms with Gasteiger partial charge in [0.05, 0.1) is 5.69 Å². The fraction of sp³-hybridized carbons (Fsp3) is 0.700. The minimum atomic E-state index is 0.174. The molecule has 0 unspecified atom stereocenters. The van der Waals surface area contributed by atoms with Crippen LogP contribution in [-0.2, 0) is 12.0 Å². The van der Waals surface area contributed by atoms with E-state index < -0.39 is 0 Å². The zero-order valence-corrected chi connectivity index (χ0v) is 8.05. The molecular weight excluding hydrogens is 164 g/mol. The highest BCUT2D eigenvalue weighted by molar-refractivity contribution is 5.08. The van der Waals surface area contributed by atoms with Gasteiger partial charge in [0.2, 0.25) is 0 Å². The van der Waals surface area contributed by atoms with Crippen molar-refractivity contribution in [3.05, 3.63) is 17.8 Å². The van der Waals surface area contributed by atoms with Crippen LogP contribution < -0.4 is 5.73 Å². The van der Waals surface area contributed by atoms with Gasteiger partial charge < -0.3 is 10.2 Å². The molecule has 1 aromatic heterocycles. The van der Waals surface area contributed by atoms with Crippen LogP contribution in [0, 0.1) is 0 Å². The highest BCUT2D eigenvalue weighted by Crippen LogP contribution is 2.39. The van der Waals surface area contributed by atoms with E-state index in [2.05, 4.69) is 11.9 Å². The molecule has 0 saturated heterocycles. The number of aromatic nitrogens is 1. The fourth-order valence-electron chi connectivity index (χ4n) is 2.05. The third kappa shape index (κ3) is 1.48. The largest absolute Gasteiger partial charge is 0.448 e. The van der Waals surface area contributed by atoms with E-state index in [4.69, 9.17) is 10.2 Å². The van der Waals surface area contributed by atoms with E-state index in [0.29, 0.717) is 6.54 Å². The lowest BCUT2D eigenvalue weighted by Crippen LogP contribution is -2.17. The number of hydrogen-bond donors (Lipinski definition) is 1. The third-order valence-electron chi connectivity index (χ3n) is 2.98. The van der Waals surface area contributed by atoms with E-state index in [-0.39, 0.29) is 5.41 Å². The molecule has 72 valence electrons. The van der Waals surface area contributed by atoms with Gasteiger partial charge >= 0.3 is 0 Å². The second-order valence-corrected chi connectivity index (χ2v) is 4.12. The summed E-state index contributed by atoms with van der Waals surface area (Å²) in [6.07, 6.45) is 6.64. The highest BCUT2D eigenvalue weighted by Gasteiger charge is 2.34. The Morgan fingerprint density at radius 2 is 2.23 bits per heavy atom. The van der Waals surface area contributed by atoms with Crippen LogP contribution in [0.3, 0.4) is 0 Å². The summed E-state index contributed by atoms with van der Waals surface area (Å²) in [5, 5.41) is 0. The summed E-state index contributed by atoms with van der Waals surface area (Å²) in [5.41, 5.74) is 6.52. The standard InChI is InChI=1S/C10H16N2O/c1-10(4-2-3-5-10)9-12-8(6-11)7-13-9/h7H,2-6,11H2,1H3. The quantitative estimate of drug-likeness (QED) is 0.757. The van der Waals surface area contributed by atoms with Crippen molar-refractivity contribution in [3.63, 3.8) is 0 Å². The van der Waals surface area contributed by atoms with Gasteiger partial charge in [-0.1, -0.05) is 19.8 Å². The van der Waals surface area contributed by atoms with E-state index >= 15 is 0 Å². The van der Waals surface area contributed by atoms with Crippen molar-refractivity contribution in [1.82, 2.24) is 4.98 Å².